The standard InChI is InChI=1S/C23H32N2O3/c1-3-4-5-6-7-8-9-14-20(27)21(17(2)26)25-23(28)22-19-13-11-10-12-18(19)15-16-24-22/h10-13,15-17,21,26H,3-9,14H2,1-2H3,(H,25,28)/t17-,21+/m1/s1. The highest BCUT2D eigenvalue weighted by molar-refractivity contribution is 6.06. The predicted molar refractivity (Wildman–Crippen MR) is 112 cm³/mol. The first-order chi connectivity index (χ1) is 13.5. The number of hydrogen-bond acceptors (Lipinski definition) is 4. The molecule has 0 bridgehead atoms. The number of amides is 1. The first-order valence-electron chi connectivity index (χ1n) is 10.4. The van der Waals surface area contributed by atoms with Gasteiger partial charge in [0.1, 0.15) is 11.7 Å². The van der Waals surface area contributed by atoms with Crippen LogP contribution < -0.4 is 5.32 Å². The summed E-state index contributed by atoms with van der Waals surface area (Å²) in [7, 11) is 0. The average molecular weight is 385 g/mol. The van der Waals surface area contributed by atoms with Crippen molar-refractivity contribution in [3.63, 3.8) is 0 Å². The third kappa shape index (κ3) is 6.41. The molecular formula is C23H32N2O3. The van der Waals surface area contributed by atoms with E-state index in [4.69, 9.17) is 0 Å². The molecule has 1 amide bonds. The van der Waals surface area contributed by atoms with Gasteiger partial charge in [-0.25, -0.2) is 0 Å². The number of nitrogens with one attached hydrogen (secondary N) is 1. The molecule has 0 unspecified atom stereocenters. The van der Waals surface area contributed by atoms with E-state index in [9.17, 15) is 14.7 Å². The van der Waals surface area contributed by atoms with Crippen LogP contribution >= 0.6 is 0 Å². The number of Topliss-reactive ketones (excluding diaryl/α,β-unsaturated/α-hetero) is 1. The zero-order valence-electron chi connectivity index (χ0n) is 17.0. The maximum atomic E-state index is 12.7. The Morgan fingerprint density at radius 1 is 1.04 bits per heavy atom. The molecule has 0 radical (unpaired) electrons. The fourth-order valence-electron chi connectivity index (χ4n) is 3.39. The number of benzene rings is 1. The van der Waals surface area contributed by atoms with Crippen molar-refractivity contribution < 1.29 is 14.7 Å². The van der Waals surface area contributed by atoms with Gasteiger partial charge in [-0.05, 0) is 24.8 Å². The number of aliphatic hydroxyl groups is 1. The molecule has 1 aromatic carbocycles. The van der Waals surface area contributed by atoms with Crippen LogP contribution in [0.3, 0.4) is 0 Å². The van der Waals surface area contributed by atoms with E-state index in [0.717, 1.165) is 30.0 Å². The second-order valence-electron chi connectivity index (χ2n) is 7.41. The van der Waals surface area contributed by atoms with Gasteiger partial charge in [-0.1, -0.05) is 69.7 Å². The number of ketones is 1. The summed E-state index contributed by atoms with van der Waals surface area (Å²) in [5.74, 6) is -0.562. The van der Waals surface area contributed by atoms with Crippen molar-refractivity contribution in [1.82, 2.24) is 10.3 Å². The van der Waals surface area contributed by atoms with Crippen LogP contribution in [0.2, 0.25) is 0 Å². The number of unbranched alkanes of at least 4 members (excludes halogenated alkanes) is 6. The maximum Gasteiger partial charge on any atom is 0.271 e. The first kappa shape index (κ1) is 22.0. The van der Waals surface area contributed by atoms with Crippen molar-refractivity contribution in [3.05, 3.63) is 42.2 Å². The minimum absolute atomic E-state index is 0.128. The largest absolute Gasteiger partial charge is 0.391 e. The topological polar surface area (TPSA) is 79.3 Å². The van der Waals surface area contributed by atoms with E-state index in [1.807, 2.05) is 30.3 Å². The SMILES string of the molecule is CCCCCCCCCC(=O)[C@@H](NC(=O)c1nccc2ccccc12)[C@@H](C)O. The van der Waals surface area contributed by atoms with Crippen LogP contribution in [0.25, 0.3) is 10.8 Å². The molecule has 5 nitrogen and oxygen atoms in total. The van der Waals surface area contributed by atoms with Gasteiger partial charge >= 0.3 is 0 Å². The number of hydrogen-bond donors (Lipinski definition) is 2. The van der Waals surface area contributed by atoms with Crippen molar-refractivity contribution in [2.24, 2.45) is 0 Å². The Morgan fingerprint density at radius 2 is 1.71 bits per heavy atom. The third-order valence-corrected chi connectivity index (χ3v) is 5.03. The molecule has 0 saturated heterocycles. The fourth-order valence-corrected chi connectivity index (χ4v) is 3.39. The van der Waals surface area contributed by atoms with Crippen molar-refractivity contribution in [2.75, 3.05) is 0 Å². The normalized spacial score (nSPS) is 13.2. The third-order valence-electron chi connectivity index (χ3n) is 5.03. The van der Waals surface area contributed by atoms with E-state index in [2.05, 4.69) is 17.2 Å². The molecule has 0 aliphatic heterocycles. The van der Waals surface area contributed by atoms with E-state index < -0.39 is 18.1 Å². The second kappa shape index (κ2) is 11.5. The summed E-state index contributed by atoms with van der Waals surface area (Å²) in [6, 6.07) is 8.41. The van der Waals surface area contributed by atoms with Gasteiger partial charge in [0.2, 0.25) is 0 Å². The lowest BCUT2D eigenvalue weighted by atomic mass is 10.00. The van der Waals surface area contributed by atoms with Crippen LogP contribution in [-0.2, 0) is 4.79 Å². The number of aromatic nitrogens is 1. The van der Waals surface area contributed by atoms with Crippen LogP contribution in [0, 0.1) is 0 Å². The molecule has 0 aliphatic rings. The number of rotatable bonds is 12. The van der Waals surface area contributed by atoms with Crippen molar-refractivity contribution in [1.29, 1.82) is 0 Å². The first-order valence-corrected chi connectivity index (χ1v) is 10.4. The lowest BCUT2D eigenvalue weighted by Crippen LogP contribution is -2.47. The Labute approximate surface area is 167 Å². The predicted octanol–water partition coefficient (Wildman–Crippen LogP) is 4.42. The summed E-state index contributed by atoms with van der Waals surface area (Å²) < 4.78 is 0. The number of aliphatic hydroxyl groups excluding tert-OH is 1. The van der Waals surface area contributed by atoms with Gasteiger partial charge in [0.05, 0.1) is 6.10 Å². The molecule has 152 valence electrons. The zero-order chi connectivity index (χ0) is 20.4. The lowest BCUT2D eigenvalue weighted by molar-refractivity contribution is -0.123. The molecule has 0 saturated carbocycles. The molecule has 2 aromatic rings. The number of carbonyl (C=O) groups is 2. The molecule has 5 heteroatoms. The summed E-state index contributed by atoms with van der Waals surface area (Å²) in [6.45, 7) is 3.72. The van der Waals surface area contributed by atoms with Gasteiger partial charge in [0, 0.05) is 18.0 Å². The lowest BCUT2D eigenvalue weighted by Gasteiger charge is -2.20. The van der Waals surface area contributed by atoms with E-state index in [0.29, 0.717) is 6.42 Å². The van der Waals surface area contributed by atoms with E-state index in [1.165, 1.54) is 32.6 Å². The number of nitrogens with zero attached hydrogens (tertiary/aromatic N) is 1. The van der Waals surface area contributed by atoms with Gasteiger partial charge in [0.15, 0.2) is 5.78 Å². The monoisotopic (exact) mass is 384 g/mol. The molecule has 0 fully saturated rings. The maximum absolute atomic E-state index is 12.7. The minimum atomic E-state index is -0.948. The Balaban J connectivity index is 1.92. The van der Waals surface area contributed by atoms with Crippen LogP contribution in [-0.4, -0.2) is 33.9 Å². The molecular weight excluding hydrogens is 352 g/mol. The molecule has 2 atom stereocenters. The summed E-state index contributed by atoms with van der Waals surface area (Å²) in [5.41, 5.74) is 0.271. The highest BCUT2D eigenvalue weighted by Gasteiger charge is 2.26. The summed E-state index contributed by atoms with van der Waals surface area (Å²) >= 11 is 0. The van der Waals surface area contributed by atoms with Gasteiger partial charge in [0.25, 0.3) is 5.91 Å². The highest BCUT2D eigenvalue weighted by Crippen LogP contribution is 2.17. The molecule has 2 N–H and O–H groups in total. The van der Waals surface area contributed by atoms with Crippen LogP contribution in [0.4, 0.5) is 0 Å². The Morgan fingerprint density at radius 3 is 2.43 bits per heavy atom. The van der Waals surface area contributed by atoms with Gasteiger partial charge in [-0.2, -0.15) is 0 Å². The Kier molecular flexibility index (Phi) is 9.08. The fraction of sp³-hybridized carbons (Fsp3) is 0.522. The van der Waals surface area contributed by atoms with E-state index >= 15 is 0 Å². The van der Waals surface area contributed by atoms with Crippen LogP contribution in [0.5, 0.6) is 0 Å². The smallest absolute Gasteiger partial charge is 0.271 e. The van der Waals surface area contributed by atoms with Gasteiger partial charge in [-0.3, -0.25) is 14.6 Å². The summed E-state index contributed by atoms with van der Waals surface area (Å²) in [5, 5.41) is 14.4. The molecule has 0 aliphatic carbocycles. The number of carbonyl (C=O) groups excluding carboxylic acids is 2. The van der Waals surface area contributed by atoms with Gasteiger partial charge < -0.3 is 10.4 Å². The Bertz CT molecular complexity index is 768. The molecule has 2 rings (SSSR count). The zero-order valence-corrected chi connectivity index (χ0v) is 17.0. The quantitative estimate of drug-likeness (QED) is 0.531. The van der Waals surface area contributed by atoms with E-state index in [-0.39, 0.29) is 11.5 Å². The van der Waals surface area contributed by atoms with Crippen LogP contribution in [0.1, 0.15) is 75.7 Å². The number of pyridine rings is 1. The molecule has 1 heterocycles. The summed E-state index contributed by atoms with van der Waals surface area (Å²) in [6.07, 6.45) is 8.84. The van der Waals surface area contributed by atoms with Crippen molar-refractivity contribution >= 4 is 22.5 Å². The molecule has 0 spiro atoms. The minimum Gasteiger partial charge on any atom is -0.391 e. The highest BCUT2D eigenvalue weighted by atomic mass is 16.3. The number of fused-ring (bicyclic) bond motifs is 1. The molecule has 1 aromatic heterocycles. The second-order valence-corrected chi connectivity index (χ2v) is 7.41. The Hall–Kier alpha value is -2.27. The summed E-state index contributed by atoms with van der Waals surface area (Å²) in [4.78, 5) is 29.5. The van der Waals surface area contributed by atoms with Crippen molar-refractivity contribution in [2.45, 2.75) is 77.4 Å². The van der Waals surface area contributed by atoms with Crippen LogP contribution in [0.15, 0.2) is 36.5 Å². The van der Waals surface area contributed by atoms with Crippen molar-refractivity contribution in [3.8, 4) is 0 Å². The molecule has 28 heavy (non-hydrogen) atoms. The van der Waals surface area contributed by atoms with E-state index in [1.54, 1.807) is 6.20 Å². The average Bonchev–Trinajstić information content (AvgIpc) is 2.70. The van der Waals surface area contributed by atoms with Gasteiger partial charge in [-0.15, -0.1) is 0 Å².